The van der Waals surface area contributed by atoms with Crippen LogP contribution >= 0.6 is 0 Å². The first-order valence-corrected chi connectivity index (χ1v) is 7.74. The van der Waals surface area contributed by atoms with Crippen molar-refractivity contribution in [2.24, 2.45) is 0 Å². The third-order valence-corrected chi connectivity index (χ3v) is 4.83. The molecule has 4 nitrogen and oxygen atoms in total. The van der Waals surface area contributed by atoms with Gasteiger partial charge in [-0.15, -0.1) is 0 Å². The Morgan fingerprint density at radius 3 is 2.00 bits per heavy atom. The zero-order valence-electron chi connectivity index (χ0n) is 10.5. The van der Waals surface area contributed by atoms with E-state index in [-0.39, 0.29) is 0 Å². The van der Waals surface area contributed by atoms with E-state index in [1.165, 1.54) is 0 Å². The zero-order valence-corrected chi connectivity index (χ0v) is 11.5. The average molecular weight is 235 g/mol. The van der Waals surface area contributed by atoms with Gasteiger partial charge in [-0.3, -0.25) is 0 Å². The molecule has 0 aromatic carbocycles. The normalized spacial score (nSPS) is 12.0. The highest BCUT2D eigenvalue weighted by Crippen LogP contribution is 2.09. The first-order valence-electron chi connectivity index (χ1n) is 5.81. The molecular formula is C10H25NO3Si. The van der Waals surface area contributed by atoms with Gasteiger partial charge < -0.3 is 18.6 Å². The van der Waals surface area contributed by atoms with Crippen molar-refractivity contribution in [3.8, 4) is 0 Å². The van der Waals surface area contributed by atoms with E-state index >= 15 is 0 Å². The van der Waals surface area contributed by atoms with Crippen molar-refractivity contribution in [3.63, 3.8) is 0 Å². The van der Waals surface area contributed by atoms with E-state index in [1.807, 2.05) is 20.9 Å². The van der Waals surface area contributed by atoms with E-state index in [1.54, 1.807) is 0 Å². The fourth-order valence-electron chi connectivity index (χ4n) is 1.31. The van der Waals surface area contributed by atoms with Crippen LogP contribution in [0.5, 0.6) is 0 Å². The summed E-state index contributed by atoms with van der Waals surface area (Å²) >= 11 is 0. The van der Waals surface area contributed by atoms with Gasteiger partial charge in [0.1, 0.15) is 0 Å². The molecule has 0 bridgehead atoms. The smallest absolute Gasteiger partial charge is 0.373 e. The van der Waals surface area contributed by atoms with Crippen molar-refractivity contribution in [3.05, 3.63) is 0 Å². The lowest BCUT2D eigenvalue weighted by Gasteiger charge is -2.28. The summed E-state index contributed by atoms with van der Waals surface area (Å²) in [5, 5.41) is 3.09. The summed E-state index contributed by atoms with van der Waals surface area (Å²) in [6.07, 6.45) is 2.86. The van der Waals surface area contributed by atoms with Crippen LogP contribution in [0, 0.1) is 0 Å². The Morgan fingerprint density at radius 2 is 1.60 bits per heavy atom. The van der Waals surface area contributed by atoms with Crippen LogP contribution in [0.15, 0.2) is 0 Å². The third-order valence-electron chi connectivity index (χ3n) is 1.94. The lowest BCUT2D eigenvalue weighted by Crippen LogP contribution is -2.54. The number of nitrogens with one attached hydrogen (secondary N) is 1. The summed E-state index contributed by atoms with van der Waals surface area (Å²) in [5.41, 5.74) is 0. The van der Waals surface area contributed by atoms with Gasteiger partial charge in [-0.1, -0.05) is 13.3 Å². The molecule has 0 saturated carbocycles. The minimum Gasteiger partial charge on any atom is -0.373 e. The number of unbranched alkanes of at least 4 members (excludes halogenated alkanes) is 1. The fourth-order valence-corrected chi connectivity index (χ4v) is 3.63. The zero-order chi connectivity index (χ0) is 11.6. The summed E-state index contributed by atoms with van der Waals surface area (Å²) < 4.78 is 17.2. The lowest BCUT2D eigenvalue weighted by molar-refractivity contribution is 0.0655. The first kappa shape index (κ1) is 15.1. The second-order valence-electron chi connectivity index (χ2n) is 3.28. The summed E-state index contributed by atoms with van der Waals surface area (Å²) in [5.74, 6) is 0. The average Bonchev–Trinajstić information content (AvgIpc) is 2.19. The molecule has 0 saturated heterocycles. The summed E-state index contributed by atoms with van der Waals surface area (Å²) in [4.78, 5) is 0. The topological polar surface area (TPSA) is 39.7 Å². The third kappa shape index (κ3) is 6.27. The predicted octanol–water partition coefficient (Wildman–Crippen LogP) is 1.57. The van der Waals surface area contributed by atoms with E-state index < -0.39 is 8.80 Å². The van der Waals surface area contributed by atoms with Crippen LogP contribution in [0.4, 0.5) is 0 Å². The Balaban J connectivity index is 4.18. The van der Waals surface area contributed by atoms with Gasteiger partial charge in [0.2, 0.25) is 0 Å². The Hall–Kier alpha value is 0.0569. The number of hydrogen-bond acceptors (Lipinski definition) is 4. The van der Waals surface area contributed by atoms with Gasteiger partial charge in [-0.2, -0.15) is 0 Å². The standard InChI is InChI=1S/C10H25NO3Si/c1-5-8-9-14-15(10-11-4,12-6-2)13-7-3/h11H,5-10H2,1-4H3. The second kappa shape index (κ2) is 9.29. The van der Waals surface area contributed by atoms with Crippen molar-refractivity contribution in [1.29, 1.82) is 0 Å². The SMILES string of the molecule is CCCCO[Si](CNC)(OCC)OCC. The van der Waals surface area contributed by atoms with Gasteiger partial charge in [-0.25, -0.2) is 0 Å². The van der Waals surface area contributed by atoms with Gasteiger partial charge in [-0.05, 0) is 27.3 Å². The van der Waals surface area contributed by atoms with Crippen molar-refractivity contribution < 1.29 is 13.3 Å². The lowest BCUT2D eigenvalue weighted by atomic mass is 10.4. The molecule has 0 aromatic heterocycles. The molecule has 0 aliphatic heterocycles. The summed E-state index contributed by atoms with van der Waals surface area (Å²) in [7, 11) is -0.552. The van der Waals surface area contributed by atoms with E-state index in [9.17, 15) is 0 Å². The molecule has 0 amide bonds. The van der Waals surface area contributed by atoms with Crippen LogP contribution in [-0.4, -0.2) is 41.8 Å². The van der Waals surface area contributed by atoms with Gasteiger partial charge in [0.05, 0.1) is 6.17 Å². The highest BCUT2D eigenvalue weighted by molar-refractivity contribution is 6.60. The summed E-state index contributed by atoms with van der Waals surface area (Å²) in [6, 6.07) is 0. The monoisotopic (exact) mass is 235 g/mol. The van der Waals surface area contributed by atoms with E-state index in [0.29, 0.717) is 19.4 Å². The van der Waals surface area contributed by atoms with Gasteiger partial charge in [0.15, 0.2) is 0 Å². The van der Waals surface area contributed by atoms with E-state index in [0.717, 1.165) is 19.4 Å². The number of hydrogen-bond donors (Lipinski definition) is 1. The largest absolute Gasteiger partial charge is 0.515 e. The molecule has 0 aliphatic rings. The van der Waals surface area contributed by atoms with Crippen LogP contribution < -0.4 is 5.32 Å². The summed E-state index contributed by atoms with van der Waals surface area (Å²) in [6.45, 7) is 8.09. The molecule has 1 N–H and O–H groups in total. The maximum absolute atomic E-state index is 5.82. The predicted molar refractivity (Wildman–Crippen MR) is 63.8 cm³/mol. The Labute approximate surface area is 94.7 Å². The second-order valence-corrected chi connectivity index (χ2v) is 5.87. The number of rotatable bonds is 10. The van der Waals surface area contributed by atoms with Gasteiger partial charge >= 0.3 is 8.80 Å². The highest BCUT2D eigenvalue weighted by atomic mass is 28.4. The van der Waals surface area contributed by atoms with Crippen LogP contribution in [0.3, 0.4) is 0 Å². The molecule has 0 spiro atoms. The Kier molecular flexibility index (Phi) is 9.33. The quantitative estimate of drug-likeness (QED) is 0.461. The van der Waals surface area contributed by atoms with Gasteiger partial charge in [0, 0.05) is 19.8 Å². The Bertz CT molecular complexity index is 130. The molecule has 0 rings (SSSR count). The maximum atomic E-state index is 5.82. The molecule has 5 heteroatoms. The molecular weight excluding hydrogens is 210 g/mol. The molecule has 0 radical (unpaired) electrons. The molecule has 0 aliphatic carbocycles. The molecule has 0 fully saturated rings. The Morgan fingerprint density at radius 1 is 1.00 bits per heavy atom. The van der Waals surface area contributed by atoms with Crippen molar-refractivity contribution in [1.82, 2.24) is 5.32 Å². The molecule has 0 aromatic rings. The highest BCUT2D eigenvalue weighted by Gasteiger charge is 2.39. The molecule has 15 heavy (non-hydrogen) atoms. The maximum Gasteiger partial charge on any atom is 0.515 e. The van der Waals surface area contributed by atoms with Crippen molar-refractivity contribution in [2.45, 2.75) is 33.6 Å². The molecule has 0 heterocycles. The molecule has 92 valence electrons. The van der Waals surface area contributed by atoms with Crippen LogP contribution in [0.1, 0.15) is 33.6 Å². The van der Waals surface area contributed by atoms with E-state index in [4.69, 9.17) is 13.3 Å². The minimum absolute atomic E-state index is 0.639. The first-order chi connectivity index (χ1) is 7.24. The van der Waals surface area contributed by atoms with Crippen LogP contribution in [0.2, 0.25) is 0 Å². The van der Waals surface area contributed by atoms with Gasteiger partial charge in [0.25, 0.3) is 0 Å². The van der Waals surface area contributed by atoms with Crippen molar-refractivity contribution in [2.75, 3.05) is 33.0 Å². The van der Waals surface area contributed by atoms with Crippen molar-refractivity contribution >= 4 is 8.80 Å². The molecule has 0 unspecified atom stereocenters. The van der Waals surface area contributed by atoms with Crippen LogP contribution in [-0.2, 0) is 13.3 Å². The van der Waals surface area contributed by atoms with E-state index in [2.05, 4.69) is 12.2 Å². The molecule has 0 atom stereocenters. The fraction of sp³-hybridized carbons (Fsp3) is 1.00. The van der Waals surface area contributed by atoms with Crippen LogP contribution in [0.25, 0.3) is 0 Å². The minimum atomic E-state index is -2.44.